The van der Waals surface area contributed by atoms with Crippen LogP contribution in [0.25, 0.3) is 0 Å². The fourth-order valence-corrected chi connectivity index (χ4v) is 2.48. The second kappa shape index (κ2) is 7.74. The van der Waals surface area contributed by atoms with Gasteiger partial charge < -0.3 is 9.47 Å². The van der Waals surface area contributed by atoms with Gasteiger partial charge in [0.25, 0.3) is 0 Å². The van der Waals surface area contributed by atoms with Gasteiger partial charge in [-0.15, -0.1) is 11.6 Å². The summed E-state index contributed by atoms with van der Waals surface area (Å²) in [5.74, 6) is 1.52. The molecule has 0 N–H and O–H groups in total. The molecule has 0 aliphatic carbocycles. The van der Waals surface area contributed by atoms with Gasteiger partial charge in [-0.05, 0) is 38.5 Å². The van der Waals surface area contributed by atoms with E-state index >= 15 is 0 Å². The molecular weight excluding hydrogens is 300 g/mol. The molecule has 0 amide bonds. The lowest BCUT2D eigenvalue weighted by Gasteiger charge is -2.13. The third kappa shape index (κ3) is 4.87. The molecule has 0 atom stereocenters. The number of hydrogen-bond acceptors (Lipinski definition) is 4. The Morgan fingerprint density at radius 1 is 1.20 bits per heavy atom. The molecule has 4 nitrogen and oxygen atoms in total. The maximum absolute atomic E-state index is 11.7. The van der Waals surface area contributed by atoms with E-state index in [1.54, 1.807) is 19.9 Å². The van der Waals surface area contributed by atoms with Crippen molar-refractivity contribution in [2.24, 2.45) is 0 Å². The molecule has 0 unspecified atom stereocenters. The van der Waals surface area contributed by atoms with Gasteiger partial charge in [0, 0.05) is 5.88 Å². The zero-order valence-electron chi connectivity index (χ0n) is 12.1. The van der Waals surface area contributed by atoms with Crippen LogP contribution in [0.3, 0.4) is 0 Å². The first kappa shape index (κ1) is 17.1. The molecule has 0 fully saturated rings. The van der Waals surface area contributed by atoms with Crippen LogP contribution in [-0.2, 0) is 15.7 Å². The number of rotatable bonds is 8. The minimum atomic E-state index is -3.09. The molecule has 0 heterocycles. The fourth-order valence-electron chi connectivity index (χ4n) is 1.53. The van der Waals surface area contributed by atoms with Crippen molar-refractivity contribution >= 4 is 21.4 Å². The van der Waals surface area contributed by atoms with Crippen LogP contribution in [0.2, 0.25) is 0 Å². The molecule has 20 heavy (non-hydrogen) atoms. The van der Waals surface area contributed by atoms with Gasteiger partial charge in [0.2, 0.25) is 0 Å². The quantitative estimate of drug-likeness (QED) is 0.691. The highest BCUT2D eigenvalue weighted by Crippen LogP contribution is 2.29. The summed E-state index contributed by atoms with van der Waals surface area (Å²) in [5, 5.41) is -0.393. The molecule has 1 aromatic carbocycles. The van der Waals surface area contributed by atoms with Gasteiger partial charge in [-0.25, -0.2) is 8.42 Å². The van der Waals surface area contributed by atoms with E-state index < -0.39 is 15.1 Å². The average Bonchev–Trinajstić information content (AvgIpc) is 2.40. The summed E-state index contributed by atoms with van der Waals surface area (Å²) in [6.45, 7) is 5.82. The van der Waals surface area contributed by atoms with Crippen molar-refractivity contribution in [1.82, 2.24) is 0 Å². The van der Waals surface area contributed by atoms with Crippen molar-refractivity contribution in [2.75, 3.05) is 19.0 Å². The molecule has 0 aromatic heterocycles. The van der Waals surface area contributed by atoms with E-state index in [4.69, 9.17) is 21.1 Å². The molecule has 0 saturated heterocycles. The summed E-state index contributed by atoms with van der Waals surface area (Å²) in [6, 6.07) is 5.40. The Morgan fingerprint density at radius 3 is 2.45 bits per heavy atom. The summed E-state index contributed by atoms with van der Waals surface area (Å²) in [4.78, 5) is 0. The smallest absolute Gasteiger partial charge is 0.161 e. The number of hydrogen-bond donors (Lipinski definition) is 0. The molecule has 0 aliphatic heterocycles. The SMILES string of the molecule is CCOc1cc(CCl)ccc1OCCS(=O)(=O)C(C)C. The Hall–Kier alpha value is -0.940. The van der Waals surface area contributed by atoms with Gasteiger partial charge in [-0.2, -0.15) is 0 Å². The first-order valence-corrected chi connectivity index (χ1v) is 8.81. The van der Waals surface area contributed by atoms with Crippen LogP contribution in [-0.4, -0.2) is 32.6 Å². The molecule has 0 aliphatic rings. The van der Waals surface area contributed by atoms with E-state index in [1.807, 2.05) is 19.1 Å². The standard InChI is InChI=1S/C14H21ClO4S/c1-4-18-14-9-12(10-15)5-6-13(14)19-7-8-20(16,17)11(2)3/h5-6,9,11H,4,7-8,10H2,1-3H3. The van der Waals surface area contributed by atoms with Crippen LogP contribution in [0.1, 0.15) is 26.3 Å². The molecule has 0 bridgehead atoms. The first-order valence-electron chi connectivity index (χ1n) is 6.56. The summed E-state index contributed by atoms with van der Waals surface area (Å²) >= 11 is 5.77. The van der Waals surface area contributed by atoms with Crippen LogP contribution in [0, 0.1) is 0 Å². The molecule has 114 valence electrons. The summed E-state index contributed by atoms with van der Waals surface area (Å²) in [7, 11) is -3.09. The van der Waals surface area contributed by atoms with E-state index in [0.29, 0.717) is 24.0 Å². The van der Waals surface area contributed by atoms with Gasteiger partial charge in [0.1, 0.15) is 6.61 Å². The number of sulfone groups is 1. The topological polar surface area (TPSA) is 52.6 Å². The molecule has 1 rings (SSSR count). The Balaban J connectivity index is 2.72. The van der Waals surface area contributed by atoms with E-state index in [-0.39, 0.29) is 12.4 Å². The summed E-state index contributed by atoms with van der Waals surface area (Å²) in [5.41, 5.74) is 0.928. The van der Waals surface area contributed by atoms with E-state index in [2.05, 4.69) is 0 Å². The van der Waals surface area contributed by atoms with Crippen LogP contribution in [0.4, 0.5) is 0 Å². The largest absolute Gasteiger partial charge is 0.490 e. The zero-order chi connectivity index (χ0) is 15.2. The highest BCUT2D eigenvalue weighted by atomic mass is 35.5. The minimum absolute atomic E-state index is 0.00646. The van der Waals surface area contributed by atoms with Gasteiger partial charge in [0.05, 0.1) is 17.6 Å². The zero-order valence-corrected chi connectivity index (χ0v) is 13.6. The number of alkyl halides is 1. The molecule has 0 radical (unpaired) electrons. The van der Waals surface area contributed by atoms with Crippen molar-refractivity contribution in [1.29, 1.82) is 0 Å². The third-order valence-electron chi connectivity index (χ3n) is 2.81. The monoisotopic (exact) mass is 320 g/mol. The molecule has 6 heteroatoms. The Labute approximate surface area is 126 Å². The van der Waals surface area contributed by atoms with Gasteiger partial charge in [0.15, 0.2) is 21.3 Å². The molecule has 0 saturated carbocycles. The third-order valence-corrected chi connectivity index (χ3v) is 5.29. The molecule has 0 spiro atoms. The Kier molecular flexibility index (Phi) is 6.62. The second-order valence-electron chi connectivity index (χ2n) is 4.61. The maximum atomic E-state index is 11.7. The number of ether oxygens (including phenoxy) is 2. The van der Waals surface area contributed by atoms with Crippen LogP contribution in [0.5, 0.6) is 11.5 Å². The second-order valence-corrected chi connectivity index (χ2v) is 7.56. The van der Waals surface area contributed by atoms with Gasteiger partial charge in [-0.3, -0.25) is 0 Å². The van der Waals surface area contributed by atoms with Gasteiger partial charge in [-0.1, -0.05) is 6.07 Å². The molecular formula is C14H21ClO4S. The number of halogens is 1. The lowest BCUT2D eigenvalue weighted by molar-refractivity contribution is 0.288. The molecule has 1 aromatic rings. The Morgan fingerprint density at radius 2 is 1.90 bits per heavy atom. The van der Waals surface area contributed by atoms with Crippen LogP contribution in [0.15, 0.2) is 18.2 Å². The minimum Gasteiger partial charge on any atom is -0.490 e. The van der Waals surface area contributed by atoms with E-state index in [1.165, 1.54) is 0 Å². The van der Waals surface area contributed by atoms with Crippen molar-refractivity contribution in [3.8, 4) is 11.5 Å². The average molecular weight is 321 g/mol. The lowest BCUT2D eigenvalue weighted by atomic mass is 10.2. The Bertz CT molecular complexity index is 526. The summed E-state index contributed by atoms with van der Waals surface area (Å²) < 4.78 is 34.4. The summed E-state index contributed by atoms with van der Waals surface area (Å²) in [6.07, 6.45) is 0. The van der Waals surface area contributed by atoms with E-state index in [9.17, 15) is 8.42 Å². The van der Waals surface area contributed by atoms with Crippen molar-refractivity contribution < 1.29 is 17.9 Å². The normalized spacial score (nSPS) is 11.7. The van der Waals surface area contributed by atoms with Crippen LogP contribution >= 0.6 is 11.6 Å². The highest BCUT2D eigenvalue weighted by Gasteiger charge is 2.16. The maximum Gasteiger partial charge on any atom is 0.161 e. The number of benzene rings is 1. The van der Waals surface area contributed by atoms with Gasteiger partial charge >= 0.3 is 0 Å². The lowest BCUT2D eigenvalue weighted by Crippen LogP contribution is -2.22. The first-order chi connectivity index (χ1) is 9.40. The van der Waals surface area contributed by atoms with Crippen molar-refractivity contribution in [3.63, 3.8) is 0 Å². The van der Waals surface area contributed by atoms with Crippen molar-refractivity contribution in [2.45, 2.75) is 31.9 Å². The fraction of sp³-hybridized carbons (Fsp3) is 0.571. The van der Waals surface area contributed by atoms with Crippen molar-refractivity contribution in [3.05, 3.63) is 23.8 Å². The highest BCUT2D eigenvalue weighted by molar-refractivity contribution is 7.91. The van der Waals surface area contributed by atoms with E-state index in [0.717, 1.165) is 5.56 Å². The predicted molar refractivity (Wildman–Crippen MR) is 81.6 cm³/mol. The van der Waals surface area contributed by atoms with Crippen LogP contribution < -0.4 is 9.47 Å². The predicted octanol–water partition coefficient (Wildman–Crippen LogP) is 3.03.